The van der Waals surface area contributed by atoms with E-state index in [1.807, 2.05) is 0 Å². The fourth-order valence-corrected chi connectivity index (χ4v) is 5.36. The Labute approximate surface area is 177 Å². The summed E-state index contributed by atoms with van der Waals surface area (Å²) in [5.41, 5.74) is 17.6. The number of hydrogen-bond acceptors (Lipinski definition) is 5. The molecule has 2 heterocycles. The highest BCUT2D eigenvalue weighted by Gasteiger charge is 2.55. The number of piperidine rings is 1. The van der Waals surface area contributed by atoms with E-state index in [4.69, 9.17) is 0 Å². The SMILES string of the molecule is O=C(C1CC1)N1CCC2(CC1)C[C@@H]2c1ccc(-c2cccc(C3NNNN3)c2)cc1. The Morgan fingerprint density at radius 2 is 1.63 bits per heavy atom. The smallest absolute Gasteiger partial charge is 0.225 e. The van der Waals surface area contributed by atoms with Crippen LogP contribution in [-0.2, 0) is 4.79 Å². The molecule has 6 rings (SSSR count). The fourth-order valence-electron chi connectivity index (χ4n) is 5.36. The van der Waals surface area contributed by atoms with Crippen molar-refractivity contribution in [3.05, 3.63) is 59.7 Å². The predicted octanol–water partition coefficient (Wildman–Crippen LogP) is 2.98. The van der Waals surface area contributed by atoms with Crippen LogP contribution < -0.4 is 21.9 Å². The largest absolute Gasteiger partial charge is 0.342 e. The van der Waals surface area contributed by atoms with Gasteiger partial charge in [0.2, 0.25) is 5.91 Å². The van der Waals surface area contributed by atoms with Crippen molar-refractivity contribution in [2.75, 3.05) is 13.1 Å². The van der Waals surface area contributed by atoms with Crippen LogP contribution in [-0.4, -0.2) is 23.9 Å². The maximum absolute atomic E-state index is 12.3. The molecule has 6 nitrogen and oxygen atoms in total. The van der Waals surface area contributed by atoms with Gasteiger partial charge in [0.1, 0.15) is 6.17 Å². The Bertz CT molecular complexity index is 940. The minimum absolute atomic E-state index is 0.0493. The van der Waals surface area contributed by atoms with Gasteiger partial charge in [0.05, 0.1) is 0 Å². The lowest BCUT2D eigenvalue weighted by atomic mass is 9.88. The number of amides is 1. The van der Waals surface area contributed by atoms with E-state index in [1.54, 1.807) is 0 Å². The topological polar surface area (TPSA) is 68.4 Å². The lowest BCUT2D eigenvalue weighted by molar-refractivity contribution is -0.134. The van der Waals surface area contributed by atoms with Gasteiger partial charge < -0.3 is 4.90 Å². The molecule has 1 spiro atoms. The number of hydrazine groups is 3. The van der Waals surface area contributed by atoms with Crippen molar-refractivity contribution in [2.24, 2.45) is 11.3 Å². The number of carbonyl (C=O) groups is 1. The number of rotatable bonds is 4. The zero-order valence-corrected chi connectivity index (χ0v) is 17.2. The Morgan fingerprint density at radius 3 is 2.33 bits per heavy atom. The maximum Gasteiger partial charge on any atom is 0.225 e. The van der Waals surface area contributed by atoms with E-state index in [0.717, 1.165) is 25.9 Å². The van der Waals surface area contributed by atoms with Crippen LogP contribution in [0.3, 0.4) is 0 Å². The standard InChI is InChI=1S/C24H29N5O/c30-23(18-8-9-18)29-12-10-24(11-13-29)15-21(24)17-6-4-16(5-7-17)19-2-1-3-20(14-19)22-25-27-28-26-22/h1-7,14,18,21-22,25-28H,8-13,15H2/t21-/m1/s1. The maximum atomic E-state index is 12.3. The van der Waals surface area contributed by atoms with Crippen LogP contribution in [0.4, 0.5) is 0 Å². The molecule has 0 bridgehead atoms. The minimum atomic E-state index is 0.0493. The Kier molecular flexibility index (Phi) is 4.42. The van der Waals surface area contributed by atoms with Crippen molar-refractivity contribution >= 4 is 5.91 Å². The van der Waals surface area contributed by atoms with Crippen LogP contribution in [0.2, 0.25) is 0 Å². The third-order valence-electron chi connectivity index (χ3n) is 7.55. The summed E-state index contributed by atoms with van der Waals surface area (Å²) in [7, 11) is 0. The molecule has 1 amide bonds. The molecule has 6 heteroatoms. The second kappa shape index (κ2) is 7.17. The first-order valence-corrected chi connectivity index (χ1v) is 11.2. The van der Waals surface area contributed by atoms with E-state index < -0.39 is 0 Å². The third-order valence-corrected chi connectivity index (χ3v) is 7.55. The first-order chi connectivity index (χ1) is 14.7. The van der Waals surface area contributed by atoms with Crippen molar-refractivity contribution in [3.63, 3.8) is 0 Å². The molecule has 2 saturated heterocycles. The lowest BCUT2D eigenvalue weighted by Crippen LogP contribution is -2.40. The Morgan fingerprint density at radius 1 is 0.900 bits per heavy atom. The summed E-state index contributed by atoms with van der Waals surface area (Å²) in [4.78, 5) is 14.5. The van der Waals surface area contributed by atoms with Gasteiger partial charge in [-0.25, -0.2) is 10.9 Å². The van der Waals surface area contributed by atoms with Gasteiger partial charge in [0.25, 0.3) is 0 Å². The molecule has 0 radical (unpaired) electrons. The first-order valence-electron chi connectivity index (χ1n) is 11.2. The van der Waals surface area contributed by atoms with Crippen LogP contribution >= 0.6 is 0 Å². The van der Waals surface area contributed by atoms with Gasteiger partial charge in [0.15, 0.2) is 0 Å². The summed E-state index contributed by atoms with van der Waals surface area (Å²) < 4.78 is 0. The second-order valence-corrected chi connectivity index (χ2v) is 9.44. The highest BCUT2D eigenvalue weighted by Crippen LogP contribution is 2.65. The molecule has 2 saturated carbocycles. The van der Waals surface area contributed by atoms with Gasteiger partial charge in [0, 0.05) is 19.0 Å². The van der Waals surface area contributed by atoms with Gasteiger partial charge in [-0.15, -0.1) is 0 Å². The summed E-state index contributed by atoms with van der Waals surface area (Å²) in [6.45, 7) is 1.92. The summed E-state index contributed by atoms with van der Waals surface area (Å²) >= 11 is 0. The van der Waals surface area contributed by atoms with Crippen molar-refractivity contribution in [1.29, 1.82) is 0 Å². The molecule has 2 aliphatic carbocycles. The van der Waals surface area contributed by atoms with Crippen molar-refractivity contribution in [1.82, 2.24) is 26.8 Å². The third kappa shape index (κ3) is 3.34. The first kappa shape index (κ1) is 18.5. The van der Waals surface area contributed by atoms with Crippen LogP contribution in [0.5, 0.6) is 0 Å². The van der Waals surface area contributed by atoms with Crippen LogP contribution in [0.15, 0.2) is 48.5 Å². The molecule has 156 valence electrons. The molecular formula is C24H29N5O. The highest BCUT2D eigenvalue weighted by atomic mass is 16.2. The van der Waals surface area contributed by atoms with Crippen molar-refractivity contribution in [3.8, 4) is 11.1 Å². The summed E-state index contributed by atoms with van der Waals surface area (Å²) in [5.74, 6) is 1.44. The van der Waals surface area contributed by atoms with E-state index in [2.05, 4.69) is 75.4 Å². The Balaban J connectivity index is 1.12. The lowest BCUT2D eigenvalue weighted by Gasteiger charge is -2.33. The molecule has 30 heavy (non-hydrogen) atoms. The van der Waals surface area contributed by atoms with Gasteiger partial charge in [-0.1, -0.05) is 42.5 Å². The molecular weight excluding hydrogens is 374 g/mol. The van der Waals surface area contributed by atoms with E-state index in [1.165, 1.54) is 41.5 Å². The molecule has 4 aliphatic rings. The molecule has 1 atom stereocenters. The fraction of sp³-hybridized carbons (Fsp3) is 0.458. The van der Waals surface area contributed by atoms with E-state index in [0.29, 0.717) is 23.2 Å². The summed E-state index contributed by atoms with van der Waals surface area (Å²) in [6, 6.07) is 17.8. The zero-order valence-electron chi connectivity index (χ0n) is 17.2. The second-order valence-electron chi connectivity index (χ2n) is 9.44. The van der Waals surface area contributed by atoms with Crippen LogP contribution in [0, 0.1) is 11.3 Å². The molecule has 2 aromatic rings. The summed E-state index contributed by atoms with van der Waals surface area (Å²) in [6.07, 6.45) is 5.90. The number of likely N-dealkylation sites (tertiary alicyclic amines) is 1. The van der Waals surface area contributed by atoms with Gasteiger partial charge >= 0.3 is 0 Å². The molecule has 4 N–H and O–H groups in total. The average molecular weight is 404 g/mol. The zero-order chi connectivity index (χ0) is 20.1. The predicted molar refractivity (Wildman–Crippen MR) is 115 cm³/mol. The minimum Gasteiger partial charge on any atom is -0.342 e. The molecule has 0 unspecified atom stereocenters. The molecule has 2 aliphatic heterocycles. The van der Waals surface area contributed by atoms with Gasteiger partial charge in [-0.05, 0) is 71.8 Å². The number of nitrogens with one attached hydrogen (secondary N) is 4. The van der Waals surface area contributed by atoms with E-state index in [9.17, 15) is 4.79 Å². The Hall–Kier alpha value is -2.25. The highest BCUT2D eigenvalue weighted by molar-refractivity contribution is 5.81. The van der Waals surface area contributed by atoms with Gasteiger partial charge in [-0.2, -0.15) is 11.1 Å². The monoisotopic (exact) mass is 403 g/mol. The molecule has 0 aromatic heterocycles. The quantitative estimate of drug-likeness (QED) is 0.632. The average Bonchev–Trinajstić information content (AvgIpc) is 3.71. The number of nitrogens with zero attached hydrogens (tertiary/aromatic N) is 1. The van der Waals surface area contributed by atoms with Crippen LogP contribution in [0.1, 0.15) is 55.3 Å². The van der Waals surface area contributed by atoms with Gasteiger partial charge in [-0.3, -0.25) is 4.79 Å². The van der Waals surface area contributed by atoms with E-state index >= 15 is 0 Å². The number of benzene rings is 2. The van der Waals surface area contributed by atoms with Crippen LogP contribution in [0.25, 0.3) is 11.1 Å². The van der Waals surface area contributed by atoms with Crippen molar-refractivity contribution in [2.45, 2.75) is 44.2 Å². The molecule has 2 aromatic carbocycles. The number of carbonyl (C=O) groups excluding carboxylic acids is 1. The molecule has 4 fully saturated rings. The normalized spacial score (nSPS) is 25.6. The van der Waals surface area contributed by atoms with E-state index in [-0.39, 0.29) is 6.17 Å². The van der Waals surface area contributed by atoms with Crippen molar-refractivity contribution < 1.29 is 4.79 Å². The summed E-state index contributed by atoms with van der Waals surface area (Å²) in [5, 5.41) is 0. The number of hydrogen-bond donors (Lipinski definition) is 4.